The number of benzene rings is 1. The molecule has 0 amide bonds. The zero-order valence-electron chi connectivity index (χ0n) is 16.4. The maximum atomic E-state index is 13.0. The number of likely N-dealkylation sites (N-methyl/N-ethyl adjacent to an activating group) is 1. The van der Waals surface area contributed by atoms with Crippen LogP contribution in [0.4, 0.5) is 0 Å². The molecule has 1 fully saturated rings. The van der Waals surface area contributed by atoms with E-state index < -0.39 is 10.0 Å². The van der Waals surface area contributed by atoms with E-state index in [1.807, 2.05) is 12.1 Å². The Bertz CT molecular complexity index is 644. The molecule has 1 aliphatic heterocycles. The van der Waals surface area contributed by atoms with Gasteiger partial charge in [-0.15, -0.1) is 0 Å². The first kappa shape index (κ1) is 20.4. The summed E-state index contributed by atoms with van der Waals surface area (Å²) in [6.07, 6.45) is 0. The Kier molecular flexibility index (Phi) is 6.65. The van der Waals surface area contributed by atoms with Gasteiger partial charge in [0.1, 0.15) is 0 Å². The van der Waals surface area contributed by atoms with Gasteiger partial charge in [0.05, 0.1) is 4.90 Å². The van der Waals surface area contributed by atoms with Crippen molar-refractivity contribution < 1.29 is 8.42 Å². The zero-order chi connectivity index (χ0) is 18.8. The van der Waals surface area contributed by atoms with Gasteiger partial charge >= 0.3 is 0 Å². The third kappa shape index (κ3) is 4.82. The molecule has 0 aromatic heterocycles. The van der Waals surface area contributed by atoms with Crippen LogP contribution in [0.15, 0.2) is 29.2 Å². The number of hydrogen-bond acceptors (Lipinski definition) is 4. The molecule has 1 aromatic rings. The van der Waals surface area contributed by atoms with Gasteiger partial charge in [0.25, 0.3) is 0 Å². The molecule has 25 heavy (non-hydrogen) atoms. The highest BCUT2D eigenvalue weighted by Gasteiger charge is 2.35. The van der Waals surface area contributed by atoms with Crippen molar-refractivity contribution in [2.45, 2.75) is 50.6 Å². The van der Waals surface area contributed by atoms with Gasteiger partial charge in [0, 0.05) is 38.3 Å². The molecular weight excluding hydrogens is 334 g/mol. The van der Waals surface area contributed by atoms with Crippen LogP contribution in [0, 0.1) is 0 Å². The summed E-state index contributed by atoms with van der Waals surface area (Å²) in [7, 11) is 0.704. The highest BCUT2D eigenvalue weighted by Crippen LogP contribution is 2.24. The molecule has 6 heteroatoms. The fourth-order valence-corrected chi connectivity index (χ4v) is 5.04. The first-order valence-electron chi connectivity index (χ1n) is 9.13. The van der Waals surface area contributed by atoms with Crippen molar-refractivity contribution in [3.05, 3.63) is 29.8 Å². The summed E-state index contributed by atoms with van der Waals surface area (Å²) in [5.74, 6) is 0.400. The van der Waals surface area contributed by atoms with E-state index in [0.29, 0.717) is 23.9 Å². The average molecular weight is 368 g/mol. The summed E-state index contributed by atoms with van der Waals surface area (Å²) < 4.78 is 27.7. The molecule has 2 unspecified atom stereocenters. The van der Waals surface area contributed by atoms with Crippen LogP contribution in [0.3, 0.4) is 0 Å². The molecule has 1 saturated heterocycles. The SMILES string of the molecule is CC(C)c1ccc(S(=O)(=O)N2CC(C)N(CCN(C)C)C(C)C2)cc1. The van der Waals surface area contributed by atoms with Crippen LogP contribution in [-0.2, 0) is 10.0 Å². The summed E-state index contributed by atoms with van der Waals surface area (Å²) in [5, 5.41) is 0. The molecule has 5 nitrogen and oxygen atoms in total. The molecule has 0 aliphatic carbocycles. The molecule has 1 aromatic carbocycles. The summed E-state index contributed by atoms with van der Waals surface area (Å²) in [6.45, 7) is 11.5. The lowest BCUT2D eigenvalue weighted by Gasteiger charge is -2.44. The van der Waals surface area contributed by atoms with Crippen LogP contribution in [0.1, 0.15) is 39.2 Å². The van der Waals surface area contributed by atoms with Gasteiger partial charge in [-0.05, 0) is 51.6 Å². The molecule has 1 heterocycles. The van der Waals surface area contributed by atoms with Crippen LogP contribution in [-0.4, -0.2) is 74.9 Å². The van der Waals surface area contributed by atoms with E-state index in [1.165, 1.54) is 0 Å². The van der Waals surface area contributed by atoms with Crippen molar-refractivity contribution in [2.75, 3.05) is 40.3 Å². The van der Waals surface area contributed by atoms with Crippen LogP contribution in [0.2, 0.25) is 0 Å². The van der Waals surface area contributed by atoms with Crippen molar-refractivity contribution in [2.24, 2.45) is 0 Å². The Morgan fingerprint density at radius 1 is 1.08 bits per heavy atom. The molecule has 2 rings (SSSR count). The molecule has 1 aliphatic rings. The van der Waals surface area contributed by atoms with Gasteiger partial charge < -0.3 is 4.90 Å². The van der Waals surface area contributed by atoms with E-state index in [4.69, 9.17) is 0 Å². The number of piperazine rings is 1. The minimum Gasteiger partial charge on any atom is -0.308 e. The molecular formula is C19H33N3O2S. The monoisotopic (exact) mass is 367 g/mol. The maximum Gasteiger partial charge on any atom is 0.243 e. The Morgan fingerprint density at radius 2 is 1.60 bits per heavy atom. The summed E-state index contributed by atoms with van der Waals surface area (Å²) in [6, 6.07) is 7.79. The van der Waals surface area contributed by atoms with Crippen LogP contribution < -0.4 is 0 Å². The van der Waals surface area contributed by atoms with Gasteiger partial charge in [-0.2, -0.15) is 4.31 Å². The fraction of sp³-hybridized carbons (Fsp3) is 0.684. The number of nitrogens with zero attached hydrogens (tertiary/aromatic N) is 3. The average Bonchev–Trinajstić information content (AvgIpc) is 2.53. The standard InChI is InChI=1S/C19H33N3O2S/c1-15(2)18-7-9-19(10-8-18)25(23,24)21-13-16(3)22(17(4)14-21)12-11-20(5)6/h7-10,15-17H,11-14H2,1-6H3. The number of hydrogen-bond donors (Lipinski definition) is 0. The number of sulfonamides is 1. The predicted molar refractivity (Wildman–Crippen MR) is 103 cm³/mol. The zero-order valence-corrected chi connectivity index (χ0v) is 17.3. The normalized spacial score (nSPS) is 23.5. The molecule has 0 radical (unpaired) electrons. The van der Waals surface area contributed by atoms with E-state index in [9.17, 15) is 8.42 Å². The minimum absolute atomic E-state index is 0.216. The summed E-state index contributed by atoms with van der Waals surface area (Å²) in [5.41, 5.74) is 1.16. The first-order valence-corrected chi connectivity index (χ1v) is 10.6. The van der Waals surface area contributed by atoms with Crippen LogP contribution >= 0.6 is 0 Å². The van der Waals surface area contributed by atoms with E-state index in [-0.39, 0.29) is 12.1 Å². The largest absolute Gasteiger partial charge is 0.308 e. The van der Waals surface area contributed by atoms with Crippen LogP contribution in [0.25, 0.3) is 0 Å². The second-order valence-corrected chi connectivity index (χ2v) is 9.72. The highest BCUT2D eigenvalue weighted by molar-refractivity contribution is 7.89. The molecule has 2 atom stereocenters. The lowest BCUT2D eigenvalue weighted by atomic mass is 10.0. The Morgan fingerprint density at radius 3 is 2.04 bits per heavy atom. The van der Waals surface area contributed by atoms with Crippen molar-refractivity contribution in [3.8, 4) is 0 Å². The topological polar surface area (TPSA) is 43.9 Å². The van der Waals surface area contributed by atoms with Crippen molar-refractivity contribution in [3.63, 3.8) is 0 Å². The Balaban J connectivity index is 2.13. The molecule has 0 spiro atoms. The second-order valence-electron chi connectivity index (χ2n) is 7.78. The lowest BCUT2D eigenvalue weighted by Crippen LogP contribution is -2.58. The summed E-state index contributed by atoms with van der Waals surface area (Å²) in [4.78, 5) is 4.98. The molecule has 0 bridgehead atoms. The highest BCUT2D eigenvalue weighted by atomic mass is 32.2. The predicted octanol–water partition coefficient (Wildman–Crippen LogP) is 2.45. The van der Waals surface area contributed by atoms with Crippen molar-refractivity contribution in [1.82, 2.24) is 14.1 Å². The Hall–Kier alpha value is -0.950. The van der Waals surface area contributed by atoms with Gasteiger partial charge in [0.2, 0.25) is 10.0 Å². The van der Waals surface area contributed by atoms with Gasteiger partial charge in [0.15, 0.2) is 0 Å². The maximum absolute atomic E-state index is 13.0. The van der Waals surface area contributed by atoms with E-state index >= 15 is 0 Å². The first-order chi connectivity index (χ1) is 11.6. The van der Waals surface area contributed by atoms with Gasteiger partial charge in [-0.3, -0.25) is 4.90 Å². The molecule has 142 valence electrons. The third-order valence-electron chi connectivity index (χ3n) is 5.06. The van der Waals surface area contributed by atoms with Gasteiger partial charge in [-0.1, -0.05) is 26.0 Å². The van der Waals surface area contributed by atoms with Crippen molar-refractivity contribution >= 4 is 10.0 Å². The summed E-state index contributed by atoms with van der Waals surface area (Å²) >= 11 is 0. The fourth-order valence-electron chi connectivity index (χ4n) is 3.43. The molecule has 0 N–H and O–H groups in total. The number of rotatable bonds is 6. The van der Waals surface area contributed by atoms with E-state index in [0.717, 1.165) is 18.7 Å². The van der Waals surface area contributed by atoms with E-state index in [2.05, 4.69) is 51.6 Å². The lowest BCUT2D eigenvalue weighted by molar-refractivity contribution is 0.0708. The quantitative estimate of drug-likeness (QED) is 0.775. The van der Waals surface area contributed by atoms with Crippen LogP contribution in [0.5, 0.6) is 0 Å². The second kappa shape index (κ2) is 8.16. The molecule has 0 saturated carbocycles. The third-order valence-corrected chi connectivity index (χ3v) is 6.90. The smallest absolute Gasteiger partial charge is 0.243 e. The van der Waals surface area contributed by atoms with Gasteiger partial charge in [-0.25, -0.2) is 8.42 Å². The minimum atomic E-state index is -3.43. The Labute approximate surface area is 153 Å². The van der Waals surface area contributed by atoms with E-state index in [1.54, 1.807) is 16.4 Å². The van der Waals surface area contributed by atoms with Crippen molar-refractivity contribution in [1.29, 1.82) is 0 Å².